The molecule has 0 aromatic heterocycles. The Bertz CT molecular complexity index is 760. The normalized spacial score (nSPS) is 20.2. The zero-order chi connectivity index (χ0) is 25.3. The van der Waals surface area contributed by atoms with Crippen molar-refractivity contribution in [3.05, 3.63) is 47.7 Å². The Morgan fingerprint density at radius 1 is 1.09 bits per heavy atom. The van der Waals surface area contributed by atoms with Crippen LogP contribution in [0.1, 0.15) is 38.5 Å². The predicted octanol–water partition coefficient (Wildman–Crippen LogP) is 3.47. The van der Waals surface area contributed by atoms with Crippen LogP contribution >= 0.6 is 0 Å². The van der Waals surface area contributed by atoms with Gasteiger partial charge in [-0.15, -0.1) is 0 Å². The van der Waals surface area contributed by atoms with Crippen LogP contribution in [0.5, 0.6) is 0 Å². The Hall–Kier alpha value is -2.26. The minimum atomic E-state index is -0.434. The second-order valence-corrected chi connectivity index (χ2v) is 9.05. The number of allylic oxidation sites excluding steroid dienone is 4. The van der Waals surface area contributed by atoms with Gasteiger partial charge in [-0.1, -0.05) is 30.7 Å². The number of carbonyl (C=O) groups excluding carboxylic acids is 2. The number of hydrogen-bond donors (Lipinski definition) is 1. The van der Waals surface area contributed by atoms with E-state index < -0.39 is 6.04 Å². The molecule has 0 fully saturated rings. The van der Waals surface area contributed by atoms with E-state index in [-0.39, 0.29) is 12.2 Å². The van der Waals surface area contributed by atoms with Gasteiger partial charge in [-0.2, -0.15) is 0 Å². The number of amides is 1. The maximum atomic E-state index is 12.7. The molecule has 0 saturated heterocycles. The summed E-state index contributed by atoms with van der Waals surface area (Å²) in [6, 6.07) is -0.434. The zero-order valence-electron chi connectivity index (χ0n) is 21.6. The minimum Gasteiger partial charge on any atom is -0.442 e. The molecule has 0 aromatic rings. The number of nitrogens with zero attached hydrogens (tertiary/aromatic N) is 2. The van der Waals surface area contributed by atoms with Crippen LogP contribution in [-0.4, -0.2) is 95.0 Å². The lowest BCUT2D eigenvalue weighted by molar-refractivity contribution is -0.108. The van der Waals surface area contributed by atoms with Crippen molar-refractivity contribution in [1.82, 2.24) is 15.1 Å². The van der Waals surface area contributed by atoms with Gasteiger partial charge in [-0.05, 0) is 63.9 Å². The first-order chi connectivity index (χ1) is 17.0. The number of rotatable bonds is 14. The van der Waals surface area contributed by atoms with Crippen molar-refractivity contribution in [2.24, 2.45) is 0 Å². The van der Waals surface area contributed by atoms with Crippen molar-refractivity contribution in [1.29, 1.82) is 0 Å². The number of nitrogens with one attached hydrogen (secondary N) is 1. The molecule has 0 aromatic carbocycles. The smallest absolute Gasteiger partial charge is 0.414 e. The molecule has 2 unspecified atom stereocenters. The largest absolute Gasteiger partial charge is 0.442 e. The van der Waals surface area contributed by atoms with Crippen molar-refractivity contribution in [3.63, 3.8) is 0 Å². The number of carbonyl (C=O) groups is 2. The average molecular weight is 490 g/mol. The molecule has 2 aliphatic carbocycles. The summed E-state index contributed by atoms with van der Waals surface area (Å²) in [5.74, 6) is 0. The molecule has 8 nitrogen and oxygen atoms in total. The highest BCUT2D eigenvalue weighted by Gasteiger charge is 2.19. The van der Waals surface area contributed by atoms with E-state index in [0.29, 0.717) is 39.4 Å². The Labute approximate surface area is 210 Å². The van der Waals surface area contributed by atoms with Gasteiger partial charge in [0.1, 0.15) is 12.4 Å². The third-order valence-corrected chi connectivity index (χ3v) is 5.91. The van der Waals surface area contributed by atoms with Gasteiger partial charge in [-0.25, -0.2) is 4.79 Å². The molecule has 8 heteroatoms. The second-order valence-electron chi connectivity index (χ2n) is 9.05. The molecule has 0 bridgehead atoms. The van der Waals surface area contributed by atoms with E-state index >= 15 is 0 Å². The Morgan fingerprint density at radius 2 is 1.89 bits per heavy atom. The third kappa shape index (κ3) is 11.8. The van der Waals surface area contributed by atoms with Crippen LogP contribution in [-0.2, 0) is 19.0 Å². The van der Waals surface area contributed by atoms with E-state index in [1.807, 2.05) is 44.5 Å². The van der Waals surface area contributed by atoms with Gasteiger partial charge in [0.15, 0.2) is 0 Å². The first-order valence-corrected chi connectivity index (χ1v) is 12.7. The summed E-state index contributed by atoms with van der Waals surface area (Å²) in [5, 5.41) is 3.22. The summed E-state index contributed by atoms with van der Waals surface area (Å²) in [7, 11) is 5.73. The van der Waals surface area contributed by atoms with Crippen LogP contribution < -0.4 is 5.32 Å². The summed E-state index contributed by atoms with van der Waals surface area (Å²) >= 11 is 0. The molecule has 0 radical (unpaired) electrons. The fraction of sp³-hybridized carbons (Fsp3) is 0.630. The Kier molecular flexibility index (Phi) is 14.3. The average Bonchev–Trinajstić information content (AvgIpc) is 3.07. The number of likely N-dealkylation sites (N-methyl/N-ethyl adjacent to an activating group) is 2. The van der Waals surface area contributed by atoms with Crippen molar-refractivity contribution >= 4 is 12.4 Å². The lowest BCUT2D eigenvalue weighted by atomic mass is 10.0. The van der Waals surface area contributed by atoms with Crippen molar-refractivity contribution < 1.29 is 23.8 Å². The van der Waals surface area contributed by atoms with Gasteiger partial charge in [0.2, 0.25) is 0 Å². The van der Waals surface area contributed by atoms with E-state index in [1.165, 1.54) is 17.7 Å². The maximum Gasteiger partial charge on any atom is 0.414 e. The lowest BCUT2D eigenvalue weighted by Crippen LogP contribution is -2.34. The standard InChI is InChI=1S/C27H43N3O5/c1-29(2)17-19-34-21-20-33-18-16-28-26(22-31)23-10-9-11-24(15-14-23)30(3)27(32)35-25-12-7-5-4-6-8-13-25/h7,10-12,14-15,22,25-26,28H,4-6,8-9,13,16-21H2,1-3H3/b12-7+. The Balaban J connectivity index is 1.73. The van der Waals surface area contributed by atoms with Gasteiger partial charge >= 0.3 is 6.09 Å². The molecule has 2 rings (SSSR count). The molecule has 0 heterocycles. The topological polar surface area (TPSA) is 80.3 Å². The highest BCUT2D eigenvalue weighted by molar-refractivity contribution is 5.71. The summed E-state index contributed by atoms with van der Waals surface area (Å²) in [5.41, 5.74) is 1.61. The van der Waals surface area contributed by atoms with E-state index in [2.05, 4.69) is 16.3 Å². The fourth-order valence-electron chi connectivity index (χ4n) is 3.75. The van der Waals surface area contributed by atoms with Crippen LogP contribution in [0.4, 0.5) is 4.79 Å². The molecule has 196 valence electrons. The van der Waals surface area contributed by atoms with Crippen molar-refractivity contribution in [2.75, 3.05) is 60.7 Å². The van der Waals surface area contributed by atoms with E-state index in [9.17, 15) is 9.59 Å². The quantitative estimate of drug-likeness (QED) is 0.227. The molecular formula is C27H43N3O5. The zero-order valence-corrected chi connectivity index (χ0v) is 21.6. The van der Waals surface area contributed by atoms with Crippen LogP contribution in [0, 0.1) is 0 Å². The van der Waals surface area contributed by atoms with Crippen molar-refractivity contribution in [2.45, 2.75) is 50.7 Å². The minimum absolute atomic E-state index is 0.176. The predicted molar refractivity (Wildman–Crippen MR) is 138 cm³/mol. The summed E-state index contributed by atoms with van der Waals surface area (Å²) < 4.78 is 16.8. The molecule has 2 aliphatic rings. The molecule has 2 atom stereocenters. The summed E-state index contributed by atoms with van der Waals surface area (Å²) in [6.45, 7) is 3.69. The van der Waals surface area contributed by atoms with Crippen LogP contribution in [0.2, 0.25) is 0 Å². The molecular weight excluding hydrogens is 446 g/mol. The molecule has 0 aliphatic heterocycles. The monoisotopic (exact) mass is 489 g/mol. The van der Waals surface area contributed by atoms with Gasteiger partial charge < -0.3 is 29.2 Å². The number of aldehydes is 1. The highest BCUT2D eigenvalue weighted by atomic mass is 16.6. The SMILES string of the molecule is CN(C)CCOCCOCCNC(C=O)C1=CCC=C(N(C)C(=O)OC2/C=C/CCCCC2)C=C1. The molecule has 0 spiro atoms. The third-order valence-electron chi connectivity index (χ3n) is 5.91. The van der Waals surface area contributed by atoms with Crippen LogP contribution in [0.15, 0.2) is 47.7 Å². The second kappa shape index (κ2) is 17.2. The Morgan fingerprint density at radius 3 is 2.66 bits per heavy atom. The van der Waals surface area contributed by atoms with Gasteiger partial charge in [0, 0.05) is 25.8 Å². The number of hydrogen-bond acceptors (Lipinski definition) is 7. The van der Waals surface area contributed by atoms with Crippen LogP contribution in [0.25, 0.3) is 0 Å². The first kappa shape index (κ1) is 29.0. The lowest BCUT2D eigenvalue weighted by Gasteiger charge is -2.22. The molecule has 1 N–H and O–H groups in total. The van der Waals surface area contributed by atoms with Crippen LogP contribution in [0.3, 0.4) is 0 Å². The first-order valence-electron chi connectivity index (χ1n) is 12.7. The molecule has 0 saturated carbocycles. The fourth-order valence-corrected chi connectivity index (χ4v) is 3.75. The van der Waals surface area contributed by atoms with E-state index in [4.69, 9.17) is 14.2 Å². The molecule has 1 amide bonds. The van der Waals surface area contributed by atoms with Gasteiger partial charge in [0.05, 0.1) is 32.5 Å². The van der Waals surface area contributed by atoms with Gasteiger partial charge in [-0.3, -0.25) is 4.90 Å². The summed E-state index contributed by atoms with van der Waals surface area (Å²) in [4.78, 5) is 28.0. The highest BCUT2D eigenvalue weighted by Crippen LogP contribution is 2.19. The van der Waals surface area contributed by atoms with E-state index in [1.54, 1.807) is 7.05 Å². The van der Waals surface area contributed by atoms with E-state index in [0.717, 1.165) is 43.4 Å². The molecule has 35 heavy (non-hydrogen) atoms. The number of ether oxygens (including phenoxy) is 3. The van der Waals surface area contributed by atoms with Crippen molar-refractivity contribution in [3.8, 4) is 0 Å². The maximum absolute atomic E-state index is 12.7. The van der Waals surface area contributed by atoms with Gasteiger partial charge in [0.25, 0.3) is 0 Å². The summed E-state index contributed by atoms with van der Waals surface area (Å²) in [6.07, 6.45) is 18.1.